The van der Waals surface area contributed by atoms with Crippen LogP contribution in [0.1, 0.15) is 24.1 Å². The quantitative estimate of drug-likeness (QED) is 0.536. The standard InChI is InChI=1S/C24H25N3O4S/c1-4-26(17-7-5-6-15(2)12-17)20(28)13-27-19-14-31-23(29)21(19)22(25-24(27)30)16-8-10-18(32-3)11-9-16/h5-12,22H,4,13-14H2,1-3H3,(H,25,30)/t22-/m0/s1. The van der Waals surface area contributed by atoms with Crippen molar-refractivity contribution in [2.45, 2.75) is 24.8 Å². The van der Waals surface area contributed by atoms with E-state index in [1.807, 2.05) is 68.6 Å². The van der Waals surface area contributed by atoms with Crippen LogP contribution in [0.3, 0.4) is 0 Å². The van der Waals surface area contributed by atoms with Crippen LogP contribution in [0.5, 0.6) is 0 Å². The van der Waals surface area contributed by atoms with Gasteiger partial charge in [0.1, 0.15) is 13.2 Å². The summed E-state index contributed by atoms with van der Waals surface area (Å²) >= 11 is 1.61. The van der Waals surface area contributed by atoms with E-state index in [2.05, 4.69) is 5.32 Å². The fourth-order valence-electron chi connectivity index (χ4n) is 4.04. The maximum atomic E-state index is 13.1. The molecule has 4 rings (SSSR count). The monoisotopic (exact) mass is 451 g/mol. The molecule has 0 saturated heterocycles. The number of carbonyl (C=O) groups excluding carboxylic acids is 3. The van der Waals surface area contributed by atoms with Crippen LogP contribution < -0.4 is 10.2 Å². The van der Waals surface area contributed by atoms with Crippen molar-refractivity contribution in [2.24, 2.45) is 0 Å². The highest BCUT2D eigenvalue weighted by Gasteiger charge is 2.43. The van der Waals surface area contributed by atoms with Crippen LogP contribution in [0.4, 0.5) is 10.5 Å². The highest BCUT2D eigenvalue weighted by Crippen LogP contribution is 2.35. The Balaban J connectivity index is 1.62. The molecule has 2 aromatic rings. The minimum absolute atomic E-state index is 0.0230. The number of hydrogen-bond donors (Lipinski definition) is 1. The molecule has 0 unspecified atom stereocenters. The number of likely N-dealkylation sites (N-methyl/N-ethyl adjacent to an activating group) is 1. The van der Waals surface area contributed by atoms with Gasteiger partial charge in [-0.2, -0.15) is 0 Å². The number of benzene rings is 2. The molecule has 0 aromatic heterocycles. The van der Waals surface area contributed by atoms with E-state index >= 15 is 0 Å². The smallest absolute Gasteiger partial charge is 0.338 e. The van der Waals surface area contributed by atoms with Crippen molar-refractivity contribution in [3.8, 4) is 0 Å². The first-order chi connectivity index (χ1) is 15.4. The van der Waals surface area contributed by atoms with Gasteiger partial charge < -0.3 is 15.0 Å². The van der Waals surface area contributed by atoms with Gasteiger partial charge in [0, 0.05) is 17.1 Å². The molecule has 8 heteroatoms. The number of hydrogen-bond acceptors (Lipinski definition) is 5. The number of carbonyl (C=O) groups is 3. The van der Waals surface area contributed by atoms with E-state index in [4.69, 9.17) is 4.74 Å². The number of anilines is 1. The molecule has 2 aliphatic heterocycles. The fourth-order valence-corrected chi connectivity index (χ4v) is 4.45. The Morgan fingerprint density at radius 2 is 1.97 bits per heavy atom. The Morgan fingerprint density at radius 1 is 1.22 bits per heavy atom. The van der Waals surface area contributed by atoms with Gasteiger partial charge in [0.15, 0.2) is 0 Å². The second kappa shape index (κ2) is 9.08. The van der Waals surface area contributed by atoms with E-state index in [-0.39, 0.29) is 19.1 Å². The molecule has 0 radical (unpaired) electrons. The maximum Gasteiger partial charge on any atom is 0.338 e. The minimum atomic E-state index is -0.603. The Morgan fingerprint density at radius 3 is 2.62 bits per heavy atom. The molecule has 3 amide bonds. The van der Waals surface area contributed by atoms with Gasteiger partial charge in [0.2, 0.25) is 5.91 Å². The molecule has 0 saturated carbocycles. The maximum absolute atomic E-state index is 13.1. The van der Waals surface area contributed by atoms with Crippen LogP contribution in [0.25, 0.3) is 0 Å². The van der Waals surface area contributed by atoms with Crippen LogP contribution in [-0.4, -0.2) is 48.8 Å². The number of rotatable bonds is 6. The van der Waals surface area contributed by atoms with Crippen LogP contribution in [0.15, 0.2) is 64.7 Å². The number of nitrogens with one attached hydrogen (secondary N) is 1. The molecular weight excluding hydrogens is 426 g/mol. The highest BCUT2D eigenvalue weighted by atomic mass is 32.2. The summed E-state index contributed by atoms with van der Waals surface area (Å²) in [6.45, 7) is 4.11. The van der Waals surface area contributed by atoms with Gasteiger partial charge >= 0.3 is 12.0 Å². The van der Waals surface area contributed by atoms with Crippen molar-refractivity contribution in [3.05, 3.63) is 70.9 Å². The van der Waals surface area contributed by atoms with Crippen molar-refractivity contribution in [1.29, 1.82) is 0 Å². The van der Waals surface area contributed by atoms with Gasteiger partial charge in [0.25, 0.3) is 0 Å². The number of nitrogens with zero attached hydrogens (tertiary/aromatic N) is 2. The third kappa shape index (κ3) is 4.10. The van der Waals surface area contributed by atoms with Crippen molar-refractivity contribution < 1.29 is 19.1 Å². The van der Waals surface area contributed by atoms with Gasteiger partial charge in [0.05, 0.1) is 17.3 Å². The second-order valence-electron chi connectivity index (χ2n) is 7.66. The summed E-state index contributed by atoms with van der Waals surface area (Å²) in [6, 6.07) is 14.3. The molecule has 32 heavy (non-hydrogen) atoms. The first-order valence-electron chi connectivity index (χ1n) is 10.4. The molecule has 7 nitrogen and oxygen atoms in total. The third-order valence-electron chi connectivity index (χ3n) is 5.67. The van der Waals surface area contributed by atoms with Gasteiger partial charge in [-0.05, 0) is 55.5 Å². The van der Waals surface area contributed by atoms with Crippen LogP contribution in [0, 0.1) is 6.92 Å². The molecule has 2 heterocycles. The SMILES string of the molecule is CCN(C(=O)CN1C(=O)N[C@@H](c2ccc(SC)cc2)C2=C1COC2=O)c1cccc(C)c1. The Bertz CT molecular complexity index is 1100. The van der Waals surface area contributed by atoms with Gasteiger partial charge in [-0.3, -0.25) is 9.69 Å². The van der Waals surface area contributed by atoms with E-state index in [0.717, 1.165) is 21.7 Å². The third-order valence-corrected chi connectivity index (χ3v) is 6.41. The summed E-state index contributed by atoms with van der Waals surface area (Å²) in [4.78, 5) is 42.8. The Labute approximate surface area is 191 Å². The predicted octanol–water partition coefficient (Wildman–Crippen LogP) is 3.65. The summed E-state index contributed by atoms with van der Waals surface area (Å²) in [5.74, 6) is -0.704. The van der Waals surface area contributed by atoms with E-state index in [1.165, 1.54) is 4.90 Å². The van der Waals surface area contributed by atoms with Crippen LogP contribution in [0.2, 0.25) is 0 Å². The normalized spacial score (nSPS) is 17.7. The zero-order chi connectivity index (χ0) is 22.8. The Hall–Kier alpha value is -3.26. The first-order valence-corrected chi connectivity index (χ1v) is 11.6. The number of thioether (sulfide) groups is 1. The van der Waals surface area contributed by atoms with Crippen molar-refractivity contribution >= 4 is 35.4 Å². The number of aryl methyl sites for hydroxylation is 1. The van der Waals surface area contributed by atoms with E-state index < -0.39 is 18.0 Å². The average Bonchev–Trinajstić information content (AvgIpc) is 3.17. The predicted molar refractivity (Wildman–Crippen MR) is 123 cm³/mol. The number of ether oxygens (including phenoxy) is 1. The van der Waals surface area contributed by atoms with E-state index in [9.17, 15) is 14.4 Å². The molecule has 0 spiro atoms. The van der Waals surface area contributed by atoms with Crippen molar-refractivity contribution in [2.75, 3.05) is 30.9 Å². The summed E-state index contributed by atoms with van der Waals surface area (Å²) < 4.78 is 5.27. The molecule has 2 aromatic carbocycles. The number of urea groups is 1. The van der Waals surface area contributed by atoms with Crippen LogP contribution in [-0.2, 0) is 14.3 Å². The molecule has 0 aliphatic carbocycles. The molecule has 166 valence electrons. The van der Waals surface area contributed by atoms with Gasteiger partial charge in [-0.15, -0.1) is 11.8 Å². The number of esters is 1. The largest absolute Gasteiger partial charge is 0.456 e. The summed E-state index contributed by atoms with van der Waals surface area (Å²) in [5, 5.41) is 2.88. The molecule has 2 aliphatic rings. The van der Waals surface area contributed by atoms with Gasteiger partial charge in [-0.25, -0.2) is 9.59 Å². The Kier molecular flexibility index (Phi) is 6.23. The molecule has 0 bridgehead atoms. The lowest BCUT2D eigenvalue weighted by Gasteiger charge is -2.33. The highest BCUT2D eigenvalue weighted by molar-refractivity contribution is 7.98. The lowest BCUT2D eigenvalue weighted by molar-refractivity contribution is -0.136. The zero-order valence-corrected chi connectivity index (χ0v) is 19.1. The van der Waals surface area contributed by atoms with Crippen molar-refractivity contribution in [3.63, 3.8) is 0 Å². The lowest BCUT2D eigenvalue weighted by Crippen LogP contribution is -2.51. The van der Waals surface area contributed by atoms with Crippen molar-refractivity contribution in [1.82, 2.24) is 10.2 Å². The first kappa shape index (κ1) is 22.0. The lowest BCUT2D eigenvalue weighted by atomic mass is 9.96. The minimum Gasteiger partial charge on any atom is -0.456 e. The zero-order valence-electron chi connectivity index (χ0n) is 18.3. The van der Waals surface area contributed by atoms with Crippen LogP contribution >= 0.6 is 11.8 Å². The molecule has 1 N–H and O–H groups in total. The number of amides is 3. The summed E-state index contributed by atoms with van der Waals surface area (Å²) in [6.07, 6.45) is 1.98. The van der Waals surface area contributed by atoms with Gasteiger partial charge in [-0.1, -0.05) is 24.3 Å². The molecular formula is C24H25N3O4S. The fraction of sp³-hybridized carbons (Fsp3) is 0.292. The topological polar surface area (TPSA) is 79.0 Å². The molecule has 1 atom stereocenters. The van der Waals surface area contributed by atoms with E-state index in [1.54, 1.807) is 16.7 Å². The molecule has 0 fully saturated rings. The number of cyclic esters (lactones) is 1. The average molecular weight is 452 g/mol. The van der Waals surface area contributed by atoms with E-state index in [0.29, 0.717) is 17.8 Å². The summed E-state index contributed by atoms with van der Waals surface area (Å²) in [5.41, 5.74) is 3.44. The summed E-state index contributed by atoms with van der Waals surface area (Å²) in [7, 11) is 0. The second-order valence-corrected chi connectivity index (χ2v) is 8.53.